The van der Waals surface area contributed by atoms with Crippen molar-refractivity contribution in [1.82, 2.24) is 0 Å². The number of rotatable bonds is 9. The summed E-state index contributed by atoms with van der Waals surface area (Å²) in [4.78, 5) is 2.43. The number of methoxy groups -OCH3 is 2. The minimum absolute atomic E-state index is 0.116. The molecule has 0 saturated carbocycles. The van der Waals surface area contributed by atoms with E-state index in [1.807, 2.05) is 11.3 Å². The Bertz CT molecular complexity index is 2610. The first-order valence-electron chi connectivity index (χ1n) is 19.7. The lowest BCUT2D eigenvalue weighted by Gasteiger charge is -2.33. The zero-order valence-corrected chi connectivity index (χ0v) is 33.6. The van der Waals surface area contributed by atoms with Gasteiger partial charge in [0.1, 0.15) is 11.5 Å². The Kier molecular flexibility index (Phi) is 8.98. The number of thiophene rings is 1. The molecule has 0 N–H and O–H groups in total. The van der Waals surface area contributed by atoms with Crippen molar-refractivity contribution in [3.63, 3.8) is 0 Å². The third-order valence-corrected chi connectivity index (χ3v) is 14.1. The van der Waals surface area contributed by atoms with E-state index in [9.17, 15) is 0 Å². The third-order valence-electron chi connectivity index (χ3n) is 12.9. The van der Waals surface area contributed by atoms with Crippen molar-refractivity contribution in [2.24, 2.45) is 0 Å². The molecule has 0 bridgehead atoms. The highest BCUT2D eigenvalue weighted by Gasteiger charge is 2.43. The van der Waals surface area contributed by atoms with Crippen molar-refractivity contribution in [2.75, 3.05) is 45.4 Å². The van der Waals surface area contributed by atoms with Gasteiger partial charge in [-0.15, -0.1) is 11.3 Å². The summed E-state index contributed by atoms with van der Waals surface area (Å²) in [5.74, 6) is 1.77. The summed E-state index contributed by atoms with van der Waals surface area (Å²) in [5, 5.41) is 5.16. The van der Waals surface area contributed by atoms with Gasteiger partial charge in [-0.3, -0.25) is 0 Å². The van der Waals surface area contributed by atoms with Gasteiger partial charge in [0.05, 0.1) is 33.1 Å². The Hall–Kier alpha value is -5.10. The Morgan fingerprint density at radius 2 is 1.47 bits per heavy atom. The van der Waals surface area contributed by atoms with Gasteiger partial charge in [-0.25, -0.2) is 0 Å². The van der Waals surface area contributed by atoms with E-state index in [0.29, 0.717) is 0 Å². The summed E-state index contributed by atoms with van der Waals surface area (Å²) in [7, 11) is 3.54. The largest absolute Gasteiger partial charge is 0.497 e. The number of fused-ring (bicyclic) bond motifs is 8. The van der Waals surface area contributed by atoms with E-state index in [1.165, 1.54) is 75.5 Å². The first-order valence-corrected chi connectivity index (χ1v) is 20.5. The van der Waals surface area contributed by atoms with Crippen LogP contribution in [0.25, 0.3) is 48.1 Å². The second kappa shape index (κ2) is 13.9. The fraction of sp³-hybridized carbons (Fsp3) is 0.280. The molecule has 55 heavy (non-hydrogen) atoms. The summed E-state index contributed by atoms with van der Waals surface area (Å²) >= 11 is 1.87. The maximum atomic E-state index is 6.17. The van der Waals surface area contributed by atoms with Crippen LogP contribution in [0, 0.1) is 6.92 Å². The van der Waals surface area contributed by atoms with E-state index in [2.05, 4.69) is 148 Å². The second-order valence-corrected chi connectivity index (χ2v) is 16.4. The number of nitrogens with zero attached hydrogens (tertiary/aromatic N) is 1. The van der Waals surface area contributed by atoms with Crippen LogP contribution in [0.5, 0.6) is 11.5 Å². The minimum Gasteiger partial charge on any atom is -0.497 e. The molecule has 1 aliphatic heterocycles. The van der Waals surface area contributed by atoms with Crippen molar-refractivity contribution in [3.05, 3.63) is 143 Å². The highest BCUT2D eigenvalue weighted by Crippen LogP contribution is 2.58. The van der Waals surface area contributed by atoms with Crippen LogP contribution in [0.4, 0.5) is 5.69 Å². The van der Waals surface area contributed by atoms with Crippen LogP contribution in [0.3, 0.4) is 0 Å². The van der Waals surface area contributed by atoms with Gasteiger partial charge in [-0.1, -0.05) is 86.7 Å². The van der Waals surface area contributed by atoms with Crippen molar-refractivity contribution in [1.29, 1.82) is 0 Å². The van der Waals surface area contributed by atoms with Crippen LogP contribution in [-0.2, 0) is 15.6 Å². The van der Waals surface area contributed by atoms with E-state index in [-0.39, 0.29) is 5.41 Å². The standard InChI is InChI=1S/C50H49NO3S/c1-7-50(8-2)42-15-11-9-14-38(42)47-41-30-43(51-25-27-54-28-26-51)44(53-6)31-39(41)32(3)36(48(47)50)23-24-49(4,33-17-20-35(52-5)21-18-33)34-19-22-46-40(29-34)37-13-10-12-16-45(37)55-46/h9-24,29-31H,7-8,25-28H2,1-6H3/b24-23-. The van der Waals surface area contributed by atoms with E-state index in [0.717, 1.165) is 56.3 Å². The lowest BCUT2D eigenvalue weighted by Crippen LogP contribution is -2.36. The molecule has 5 heteroatoms. The number of hydrogen-bond donors (Lipinski definition) is 0. The van der Waals surface area contributed by atoms with Gasteiger partial charge in [0.25, 0.3) is 0 Å². The van der Waals surface area contributed by atoms with Gasteiger partial charge in [0, 0.05) is 44.1 Å². The zero-order chi connectivity index (χ0) is 37.9. The molecule has 7 aromatic rings. The summed E-state index contributed by atoms with van der Waals surface area (Å²) in [6, 6.07) is 38.4. The monoisotopic (exact) mass is 743 g/mol. The Morgan fingerprint density at radius 3 is 2.22 bits per heavy atom. The fourth-order valence-electron chi connectivity index (χ4n) is 9.72. The maximum absolute atomic E-state index is 6.17. The maximum Gasteiger partial charge on any atom is 0.142 e. The minimum atomic E-state index is -0.442. The fourth-order valence-corrected chi connectivity index (χ4v) is 10.8. The van der Waals surface area contributed by atoms with Crippen LogP contribution in [0.2, 0.25) is 0 Å². The molecular formula is C50H49NO3S. The van der Waals surface area contributed by atoms with E-state index in [4.69, 9.17) is 14.2 Å². The first kappa shape index (κ1) is 35.6. The number of aryl methyl sites for hydroxylation is 1. The number of ether oxygens (including phenoxy) is 3. The summed E-state index contributed by atoms with van der Waals surface area (Å²) < 4.78 is 20.2. The number of morpholine rings is 1. The van der Waals surface area contributed by atoms with Gasteiger partial charge >= 0.3 is 0 Å². The predicted molar refractivity (Wildman–Crippen MR) is 233 cm³/mol. The molecule has 1 aromatic heterocycles. The molecule has 0 spiro atoms. The summed E-state index contributed by atoms with van der Waals surface area (Å²) in [5.41, 5.74) is 11.3. The molecule has 1 aliphatic carbocycles. The highest BCUT2D eigenvalue weighted by molar-refractivity contribution is 7.25. The normalized spacial score (nSPS) is 16.1. The molecular weight excluding hydrogens is 695 g/mol. The lowest BCUT2D eigenvalue weighted by atomic mass is 9.70. The molecule has 1 fully saturated rings. The molecule has 1 saturated heterocycles. The summed E-state index contributed by atoms with van der Waals surface area (Å²) in [6.07, 6.45) is 6.96. The SMILES string of the molecule is CCC1(CC)c2ccccc2-c2c1c(/C=C\C(C)(c1ccc(OC)cc1)c1ccc3sc4ccccc4c3c1)c(C)c1cc(OC)c(N3CCOCC3)cc21. The van der Waals surface area contributed by atoms with Crippen LogP contribution >= 0.6 is 11.3 Å². The average Bonchev–Trinajstić information content (AvgIpc) is 3.76. The van der Waals surface area contributed by atoms with Crippen molar-refractivity contribution in [2.45, 2.75) is 51.4 Å². The second-order valence-electron chi connectivity index (χ2n) is 15.4. The topological polar surface area (TPSA) is 30.9 Å². The molecule has 278 valence electrons. The van der Waals surface area contributed by atoms with Crippen LogP contribution in [0.1, 0.15) is 67.0 Å². The van der Waals surface area contributed by atoms with Crippen molar-refractivity contribution < 1.29 is 14.2 Å². The zero-order valence-electron chi connectivity index (χ0n) is 32.8. The van der Waals surface area contributed by atoms with Gasteiger partial charge in [0.15, 0.2) is 0 Å². The molecule has 6 aromatic carbocycles. The molecule has 9 rings (SSSR count). The molecule has 0 amide bonds. The summed E-state index contributed by atoms with van der Waals surface area (Å²) in [6.45, 7) is 12.6. The quantitative estimate of drug-likeness (QED) is 0.147. The number of benzene rings is 6. The number of hydrogen-bond acceptors (Lipinski definition) is 5. The number of anilines is 1. The Morgan fingerprint density at radius 1 is 0.764 bits per heavy atom. The lowest BCUT2D eigenvalue weighted by molar-refractivity contribution is 0.122. The molecule has 0 radical (unpaired) electrons. The first-order chi connectivity index (χ1) is 26.8. The smallest absolute Gasteiger partial charge is 0.142 e. The van der Waals surface area contributed by atoms with Crippen LogP contribution in [0.15, 0.2) is 109 Å². The van der Waals surface area contributed by atoms with E-state index < -0.39 is 5.41 Å². The van der Waals surface area contributed by atoms with Crippen LogP contribution in [-0.4, -0.2) is 40.5 Å². The van der Waals surface area contributed by atoms with Crippen molar-refractivity contribution >= 4 is 54.0 Å². The van der Waals surface area contributed by atoms with Crippen molar-refractivity contribution in [3.8, 4) is 22.6 Å². The van der Waals surface area contributed by atoms with Gasteiger partial charge in [0.2, 0.25) is 0 Å². The Balaban J connectivity index is 1.32. The Labute approximate surface area is 329 Å². The highest BCUT2D eigenvalue weighted by atomic mass is 32.1. The third kappa shape index (κ3) is 5.50. The van der Waals surface area contributed by atoms with E-state index in [1.54, 1.807) is 14.2 Å². The predicted octanol–water partition coefficient (Wildman–Crippen LogP) is 12.5. The molecule has 1 atom stereocenters. The molecule has 2 heterocycles. The van der Waals surface area contributed by atoms with Gasteiger partial charge < -0.3 is 19.1 Å². The molecule has 2 aliphatic rings. The van der Waals surface area contributed by atoms with Gasteiger partial charge in [-0.05, 0) is 124 Å². The van der Waals surface area contributed by atoms with Gasteiger partial charge in [-0.2, -0.15) is 0 Å². The molecule has 4 nitrogen and oxygen atoms in total. The average molecular weight is 744 g/mol. The van der Waals surface area contributed by atoms with Crippen LogP contribution < -0.4 is 14.4 Å². The molecule has 1 unspecified atom stereocenters. The number of allylic oxidation sites excluding steroid dienone is 1. The van der Waals surface area contributed by atoms with E-state index >= 15 is 0 Å².